The van der Waals surface area contributed by atoms with E-state index >= 15 is 0 Å². The van der Waals surface area contributed by atoms with Crippen molar-refractivity contribution in [2.45, 2.75) is 64.0 Å². The van der Waals surface area contributed by atoms with E-state index in [0.717, 1.165) is 18.5 Å². The van der Waals surface area contributed by atoms with Crippen LogP contribution in [0, 0.1) is 5.92 Å². The number of hydrogen-bond acceptors (Lipinski definition) is 4. The van der Waals surface area contributed by atoms with Gasteiger partial charge in [0.15, 0.2) is 0 Å². The Balaban J connectivity index is 1.61. The number of hydrogen-bond donors (Lipinski definition) is 0. The van der Waals surface area contributed by atoms with Crippen LogP contribution in [-0.2, 0) is 16.1 Å². The quantitative estimate of drug-likeness (QED) is 0.787. The second kappa shape index (κ2) is 8.41. The van der Waals surface area contributed by atoms with Crippen molar-refractivity contribution in [3.05, 3.63) is 24.3 Å². The van der Waals surface area contributed by atoms with E-state index in [4.69, 9.17) is 0 Å². The average Bonchev–Trinajstić information content (AvgIpc) is 2.91. The SMILES string of the molecule is CN(Cc1cnccn1)C(=O)[C@H]1CCC(=O)N(C2CCCCCC2)C1. The molecule has 2 fully saturated rings. The van der Waals surface area contributed by atoms with Gasteiger partial charge in [-0.05, 0) is 19.3 Å². The van der Waals surface area contributed by atoms with E-state index in [2.05, 4.69) is 9.97 Å². The molecule has 136 valence electrons. The molecule has 0 unspecified atom stereocenters. The summed E-state index contributed by atoms with van der Waals surface area (Å²) < 4.78 is 0. The minimum atomic E-state index is -0.0948. The number of amides is 2. The summed E-state index contributed by atoms with van der Waals surface area (Å²) >= 11 is 0. The van der Waals surface area contributed by atoms with Crippen LogP contribution in [-0.4, -0.2) is 51.2 Å². The van der Waals surface area contributed by atoms with Gasteiger partial charge in [0.05, 0.1) is 24.4 Å². The molecule has 1 saturated heterocycles. The Morgan fingerprint density at radius 1 is 1.20 bits per heavy atom. The molecule has 6 heteroatoms. The topological polar surface area (TPSA) is 66.4 Å². The predicted molar refractivity (Wildman–Crippen MR) is 94.4 cm³/mol. The molecule has 2 amide bonds. The second-order valence-corrected chi connectivity index (χ2v) is 7.32. The highest BCUT2D eigenvalue weighted by Gasteiger charge is 2.35. The maximum Gasteiger partial charge on any atom is 0.227 e. The van der Waals surface area contributed by atoms with Gasteiger partial charge in [-0.1, -0.05) is 25.7 Å². The van der Waals surface area contributed by atoms with E-state index < -0.39 is 0 Å². The maximum atomic E-state index is 12.8. The minimum Gasteiger partial charge on any atom is -0.339 e. The van der Waals surface area contributed by atoms with Crippen molar-refractivity contribution in [1.82, 2.24) is 19.8 Å². The first-order chi connectivity index (χ1) is 12.1. The molecule has 1 aliphatic carbocycles. The van der Waals surface area contributed by atoms with Gasteiger partial charge in [-0.2, -0.15) is 0 Å². The predicted octanol–water partition coefficient (Wildman–Crippen LogP) is 2.40. The molecule has 0 bridgehead atoms. The molecule has 2 aliphatic rings. The molecule has 1 aromatic heterocycles. The van der Waals surface area contributed by atoms with Crippen molar-refractivity contribution < 1.29 is 9.59 Å². The van der Waals surface area contributed by atoms with Gasteiger partial charge in [-0.3, -0.25) is 19.6 Å². The van der Waals surface area contributed by atoms with Crippen LogP contribution in [0.3, 0.4) is 0 Å². The molecule has 1 aliphatic heterocycles. The molecular formula is C19H28N4O2. The van der Waals surface area contributed by atoms with Gasteiger partial charge in [-0.25, -0.2) is 0 Å². The summed E-state index contributed by atoms with van der Waals surface area (Å²) in [5, 5.41) is 0. The van der Waals surface area contributed by atoms with Crippen molar-refractivity contribution in [3.8, 4) is 0 Å². The summed E-state index contributed by atoms with van der Waals surface area (Å²) in [5.41, 5.74) is 0.783. The molecule has 0 N–H and O–H groups in total. The highest BCUT2D eigenvalue weighted by atomic mass is 16.2. The Kier molecular flexibility index (Phi) is 6.00. The fourth-order valence-corrected chi connectivity index (χ4v) is 4.04. The summed E-state index contributed by atoms with van der Waals surface area (Å²) in [5.74, 6) is 0.243. The Bertz CT molecular complexity index is 584. The normalized spacial score (nSPS) is 22.5. The fourth-order valence-electron chi connectivity index (χ4n) is 4.04. The first-order valence-corrected chi connectivity index (χ1v) is 9.44. The lowest BCUT2D eigenvalue weighted by Crippen LogP contribution is -2.50. The Morgan fingerprint density at radius 3 is 2.64 bits per heavy atom. The van der Waals surface area contributed by atoms with Gasteiger partial charge in [0.25, 0.3) is 0 Å². The zero-order chi connectivity index (χ0) is 17.6. The standard InChI is InChI=1S/C19H28N4O2/c1-22(14-16-12-20-10-11-21-16)19(25)15-8-9-18(24)23(13-15)17-6-4-2-3-5-7-17/h10-12,15,17H,2-9,13-14H2,1H3/t15-/m0/s1. The second-order valence-electron chi connectivity index (χ2n) is 7.32. The Morgan fingerprint density at radius 2 is 1.96 bits per heavy atom. The molecule has 0 radical (unpaired) electrons. The first kappa shape index (κ1) is 17.8. The van der Waals surface area contributed by atoms with Crippen molar-refractivity contribution >= 4 is 11.8 Å². The van der Waals surface area contributed by atoms with Gasteiger partial charge < -0.3 is 9.80 Å². The molecule has 2 heterocycles. The van der Waals surface area contributed by atoms with Gasteiger partial charge in [0.2, 0.25) is 11.8 Å². The molecular weight excluding hydrogens is 316 g/mol. The number of carbonyl (C=O) groups is 2. The first-order valence-electron chi connectivity index (χ1n) is 9.44. The van der Waals surface area contributed by atoms with Gasteiger partial charge in [-0.15, -0.1) is 0 Å². The average molecular weight is 344 g/mol. The van der Waals surface area contributed by atoms with Crippen LogP contribution in [0.2, 0.25) is 0 Å². The highest BCUT2D eigenvalue weighted by molar-refractivity contribution is 5.84. The van der Waals surface area contributed by atoms with E-state index in [-0.39, 0.29) is 17.7 Å². The largest absolute Gasteiger partial charge is 0.339 e. The fraction of sp³-hybridized carbons (Fsp3) is 0.684. The van der Waals surface area contributed by atoms with Gasteiger partial charge in [0, 0.05) is 38.4 Å². The van der Waals surface area contributed by atoms with E-state index in [1.165, 1.54) is 25.7 Å². The summed E-state index contributed by atoms with van der Waals surface area (Å²) in [4.78, 5) is 37.3. The van der Waals surface area contributed by atoms with Gasteiger partial charge >= 0.3 is 0 Å². The summed E-state index contributed by atoms with van der Waals surface area (Å²) in [6.45, 7) is 1.04. The van der Waals surface area contributed by atoms with E-state index in [1.807, 2.05) is 11.9 Å². The Hall–Kier alpha value is -1.98. The lowest BCUT2D eigenvalue weighted by molar-refractivity contribution is -0.144. The van der Waals surface area contributed by atoms with Crippen LogP contribution in [0.5, 0.6) is 0 Å². The van der Waals surface area contributed by atoms with E-state index in [1.54, 1.807) is 23.5 Å². The van der Waals surface area contributed by atoms with Crippen LogP contribution in [0.1, 0.15) is 57.1 Å². The van der Waals surface area contributed by atoms with Crippen LogP contribution in [0.25, 0.3) is 0 Å². The number of nitrogens with zero attached hydrogens (tertiary/aromatic N) is 4. The minimum absolute atomic E-state index is 0.0948. The number of rotatable bonds is 4. The van der Waals surface area contributed by atoms with E-state index in [0.29, 0.717) is 32.0 Å². The number of aromatic nitrogens is 2. The van der Waals surface area contributed by atoms with E-state index in [9.17, 15) is 9.59 Å². The van der Waals surface area contributed by atoms with Crippen molar-refractivity contribution in [2.24, 2.45) is 5.92 Å². The third kappa shape index (κ3) is 4.55. The third-order valence-corrected chi connectivity index (χ3v) is 5.45. The third-order valence-electron chi connectivity index (χ3n) is 5.45. The lowest BCUT2D eigenvalue weighted by atomic mass is 9.93. The molecule has 6 nitrogen and oxygen atoms in total. The maximum absolute atomic E-state index is 12.8. The molecule has 25 heavy (non-hydrogen) atoms. The van der Waals surface area contributed by atoms with Crippen molar-refractivity contribution in [2.75, 3.05) is 13.6 Å². The molecule has 1 saturated carbocycles. The summed E-state index contributed by atoms with van der Waals surface area (Å²) in [6, 6.07) is 0.330. The molecule has 3 rings (SSSR count). The van der Waals surface area contributed by atoms with Crippen molar-refractivity contribution in [1.29, 1.82) is 0 Å². The van der Waals surface area contributed by atoms with Crippen LogP contribution < -0.4 is 0 Å². The van der Waals surface area contributed by atoms with Crippen LogP contribution in [0.4, 0.5) is 0 Å². The molecule has 1 atom stereocenters. The Labute approximate surface area is 149 Å². The highest BCUT2D eigenvalue weighted by Crippen LogP contribution is 2.28. The number of carbonyl (C=O) groups excluding carboxylic acids is 2. The molecule has 0 aromatic carbocycles. The zero-order valence-electron chi connectivity index (χ0n) is 15.1. The lowest BCUT2D eigenvalue weighted by Gasteiger charge is -2.38. The van der Waals surface area contributed by atoms with Gasteiger partial charge in [0.1, 0.15) is 0 Å². The van der Waals surface area contributed by atoms with Crippen LogP contribution in [0.15, 0.2) is 18.6 Å². The number of piperidine rings is 1. The summed E-state index contributed by atoms with van der Waals surface area (Å²) in [6.07, 6.45) is 13.2. The molecule has 1 aromatic rings. The van der Waals surface area contributed by atoms with Crippen molar-refractivity contribution in [3.63, 3.8) is 0 Å². The summed E-state index contributed by atoms with van der Waals surface area (Å²) in [7, 11) is 1.81. The zero-order valence-corrected chi connectivity index (χ0v) is 15.1. The molecule has 0 spiro atoms. The monoisotopic (exact) mass is 344 g/mol. The smallest absolute Gasteiger partial charge is 0.227 e. The van der Waals surface area contributed by atoms with Crippen LogP contribution >= 0.6 is 0 Å². The number of likely N-dealkylation sites (tertiary alicyclic amines) is 1.